The normalized spacial score (nSPS) is 13.5. The number of thioether (sulfide) groups is 1. The summed E-state index contributed by atoms with van der Waals surface area (Å²) in [6, 6.07) is 6.13. The van der Waals surface area contributed by atoms with E-state index in [4.69, 9.17) is 4.74 Å². The summed E-state index contributed by atoms with van der Waals surface area (Å²) < 4.78 is 7.98. The van der Waals surface area contributed by atoms with Gasteiger partial charge in [0, 0.05) is 11.4 Å². The van der Waals surface area contributed by atoms with Gasteiger partial charge in [-0.25, -0.2) is 4.79 Å². The molecule has 10 heteroatoms. The number of allylic oxidation sites excluding steroid dienone is 1. The minimum atomic E-state index is -0.423. The third-order valence-electron chi connectivity index (χ3n) is 5.64. The van der Waals surface area contributed by atoms with Gasteiger partial charge < -0.3 is 14.6 Å². The molecule has 0 radical (unpaired) electrons. The van der Waals surface area contributed by atoms with Crippen LogP contribution in [0.5, 0.6) is 0 Å². The van der Waals surface area contributed by atoms with Crippen LogP contribution in [0.4, 0.5) is 5.00 Å². The Hall–Kier alpha value is -2.69. The molecule has 1 aliphatic carbocycles. The molecule has 0 atom stereocenters. The molecule has 184 valence electrons. The lowest BCUT2D eigenvalue weighted by molar-refractivity contribution is -0.115. The lowest BCUT2D eigenvalue weighted by atomic mass is 9.95. The molecular weight excluding hydrogens is 502 g/mol. The van der Waals surface area contributed by atoms with Gasteiger partial charge >= 0.3 is 5.97 Å². The molecule has 0 bridgehead atoms. The molecule has 0 saturated heterocycles. The smallest absolute Gasteiger partial charge is 0.341 e. The first-order chi connectivity index (χ1) is 16.9. The summed E-state index contributed by atoms with van der Waals surface area (Å²) in [4.78, 5) is 43.5. The average molecular weight is 530 g/mol. The predicted molar refractivity (Wildman–Crippen MR) is 144 cm³/mol. The third-order valence-corrected chi connectivity index (χ3v) is 8.81. The van der Waals surface area contributed by atoms with Gasteiger partial charge in [0.25, 0.3) is 5.91 Å². The minimum absolute atomic E-state index is 0.0829. The van der Waals surface area contributed by atoms with Crippen molar-refractivity contribution in [3.8, 4) is 0 Å². The maximum atomic E-state index is 12.6. The Bertz CT molecular complexity index is 1370. The maximum Gasteiger partial charge on any atom is 0.341 e. The Labute approximate surface area is 215 Å². The fourth-order valence-corrected chi connectivity index (χ4v) is 7.12. The number of hydrogen-bond acceptors (Lipinski definition) is 7. The number of benzene rings is 1. The Balaban J connectivity index is 1.41. The van der Waals surface area contributed by atoms with E-state index in [0.717, 1.165) is 51.9 Å². The van der Waals surface area contributed by atoms with E-state index in [1.807, 2.05) is 23.6 Å². The number of carbonyl (C=O) groups excluding carboxylic acids is 3. The van der Waals surface area contributed by atoms with Crippen LogP contribution < -0.4 is 10.1 Å². The predicted octanol–water partition coefficient (Wildman–Crippen LogP) is 4.72. The zero-order chi connectivity index (χ0) is 24.9. The summed E-state index contributed by atoms with van der Waals surface area (Å²) >= 11 is 4.11. The summed E-state index contributed by atoms with van der Waals surface area (Å²) in [6.45, 7) is 6.39. The Morgan fingerprint density at radius 2 is 2.03 bits per heavy atom. The number of methoxy groups -OCH3 is 1. The third kappa shape index (κ3) is 5.76. The molecule has 0 unspecified atom stereocenters. The number of thiazole rings is 1. The van der Waals surface area contributed by atoms with Gasteiger partial charge in [-0.05, 0) is 55.9 Å². The molecule has 2 amide bonds. The van der Waals surface area contributed by atoms with Gasteiger partial charge in [-0.3, -0.25) is 9.59 Å². The van der Waals surface area contributed by atoms with Crippen LogP contribution in [-0.4, -0.2) is 41.0 Å². The van der Waals surface area contributed by atoms with Gasteiger partial charge in [-0.1, -0.05) is 23.5 Å². The molecule has 35 heavy (non-hydrogen) atoms. The SMILES string of the molecule is C=CCn1c(=NC(=O)CSCC(=O)Nc2sc3c(c2C(=O)OC)CCCC3)sc2cc(C)ccc21. The number of ether oxygens (including phenoxy) is 1. The van der Waals surface area contributed by atoms with Gasteiger partial charge in [0.05, 0.1) is 34.4 Å². The fraction of sp³-hybridized carbons (Fsp3) is 0.360. The van der Waals surface area contributed by atoms with Crippen LogP contribution in [0.1, 0.15) is 39.2 Å². The number of thiophene rings is 1. The molecule has 0 saturated carbocycles. The van der Waals surface area contributed by atoms with Crippen molar-refractivity contribution in [3.63, 3.8) is 0 Å². The van der Waals surface area contributed by atoms with Crippen LogP contribution in [0.3, 0.4) is 0 Å². The molecule has 0 spiro atoms. The average Bonchev–Trinajstić information content (AvgIpc) is 3.35. The number of nitrogens with zero attached hydrogens (tertiary/aromatic N) is 2. The number of amides is 2. The minimum Gasteiger partial charge on any atom is -0.465 e. The van der Waals surface area contributed by atoms with Crippen molar-refractivity contribution < 1.29 is 19.1 Å². The Morgan fingerprint density at radius 3 is 2.80 bits per heavy atom. The number of anilines is 1. The highest BCUT2D eigenvalue weighted by molar-refractivity contribution is 8.00. The van der Waals surface area contributed by atoms with Crippen molar-refractivity contribution in [1.29, 1.82) is 0 Å². The first-order valence-corrected chi connectivity index (χ1v) is 14.1. The van der Waals surface area contributed by atoms with Crippen molar-refractivity contribution in [2.24, 2.45) is 4.99 Å². The summed E-state index contributed by atoms with van der Waals surface area (Å²) in [5, 5.41) is 3.40. The van der Waals surface area contributed by atoms with Gasteiger partial charge in [0.2, 0.25) is 5.91 Å². The number of esters is 1. The van der Waals surface area contributed by atoms with Crippen LogP contribution in [0.15, 0.2) is 35.8 Å². The van der Waals surface area contributed by atoms with Crippen molar-refractivity contribution in [2.75, 3.05) is 23.9 Å². The largest absolute Gasteiger partial charge is 0.465 e. The monoisotopic (exact) mass is 529 g/mol. The first-order valence-electron chi connectivity index (χ1n) is 11.3. The second kappa shape index (κ2) is 11.4. The maximum absolute atomic E-state index is 12.6. The lowest BCUT2D eigenvalue weighted by Gasteiger charge is -2.11. The van der Waals surface area contributed by atoms with E-state index in [2.05, 4.69) is 23.0 Å². The van der Waals surface area contributed by atoms with Crippen LogP contribution in [-0.2, 0) is 33.7 Å². The highest BCUT2D eigenvalue weighted by Crippen LogP contribution is 2.38. The van der Waals surface area contributed by atoms with E-state index in [1.165, 1.54) is 41.5 Å². The molecule has 1 aromatic carbocycles. The lowest BCUT2D eigenvalue weighted by Crippen LogP contribution is -2.19. The number of aryl methyl sites for hydroxylation is 2. The van der Waals surface area contributed by atoms with Crippen LogP contribution in [0.2, 0.25) is 0 Å². The number of nitrogens with one attached hydrogen (secondary N) is 1. The zero-order valence-corrected chi connectivity index (χ0v) is 22.2. The number of carbonyl (C=O) groups is 3. The van der Waals surface area contributed by atoms with Gasteiger partial charge in [0.15, 0.2) is 4.80 Å². The topological polar surface area (TPSA) is 89.8 Å². The van der Waals surface area contributed by atoms with Crippen molar-refractivity contribution >= 4 is 67.4 Å². The molecule has 1 N–H and O–H groups in total. The van der Waals surface area contributed by atoms with Crippen LogP contribution in [0, 0.1) is 6.92 Å². The summed E-state index contributed by atoms with van der Waals surface area (Å²) in [5.41, 5.74) is 3.63. The molecule has 1 aliphatic rings. The number of aromatic nitrogens is 1. The highest BCUT2D eigenvalue weighted by atomic mass is 32.2. The second-order valence-electron chi connectivity index (χ2n) is 8.21. The van der Waals surface area contributed by atoms with E-state index in [-0.39, 0.29) is 23.3 Å². The van der Waals surface area contributed by atoms with Gasteiger partial charge in [-0.2, -0.15) is 4.99 Å². The van der Waals surface area contributed by atoms with E-state index in [9.17, 15) is 14.4 Å². The van der Waals surface area contributed by atoms with Crippen LogP contribution >= 0.6 is 34.4 Å². The Kier molecular flexibility index (Phi) is 8.25. The second-order valence-corrected chi connectivity index (χ2v) is 11.3. The van der Waals surface area contributed by atoms with E-state index >= 15 is 0 Å². The molecule has 2 heterocycles. The molecule has 7 nitrogen and oxygen atoms in total. The molecule has 3 aromatic rings. The number of hydrogen-bond donors (Lipinski definition) is 1. The van der Waals surface area contributed by atoms with E-state index < -0.39 is 5.97 Å². The zero-order valence-electron chi connectivity index (χ0n) is 19.7. The van der Waals surface area contributed by atoms with Crippen LogP contribution in [0.25, 0.3) is 10.2 Å². The molecule has 0 aliphatic heterocycles. The van der Waals surface area contributed by atoms with Gasteiger partial charge in [-0.15, -0.1) is 29.7 Å². The number of rotatable bonds is 8. The highest BCUT2D eigenvalue weighted by Gasteiger charge is 2.26. The Morgan fingerprint density at radius 1 is 1.23 bits per heavy atom. The molecule has 2 aromatic heterocycles. The molecule has 4 rings (SSSR count). The summed E-state index contributed by atoms with van der Waals surface area (Å²) in [6.07, 6.45) is 5.61. The van der Waals surface area contributed by atoms with E-state index in [1.54, 1.807) is 6.08 Å². The van der Waals surface area contributed by atoms with Crippen molar-refractivity contribution in [1.82, 2.24) is 4.57 Å². The quantitative estimate of drug-likeness (QED) is 0.337. The molecule has 0 fully saturated rings. The fourth-order valence-electron chi connectivity index (χ4n) is 4.08. The molecular formula is C25H27N3O4S3. The van der Waals surface area contributed by atoms with E-state index in [0.29, 0.717) is 21.9 Å². The van der Waals surface area contributed by atoms with Gasteiger partial charge in [0.1, 0.15) is 5.00 Å². The van der Waals surface area contributed by atoms with Crippen molar-refractivity contribution in [3.05, 3.63) is 57.2 Å². The summed E-state index contributed by atoms with van der Waals surface area (Å²) in [5.74, 6) is -0.813. The van der Waals surface area contributed by atoms with Crippen molar-refractivity contribution in [2.45, 2.75) is 39.2 Å². The number of fused-ring (bicyclic) bond motifs is 2. The summed E-state index contributed by atoms with van der Waals surface area (Å²) in [7, 11) is 1.35. The first kappa shape index (κ1) is 25.4. The standard InChI is InChI=1S/C25H27N3O4S3/c1-4-11-28-17-10-9-15(2)12-19(17)35-25(28)27-21(30)14-33-13-20(29)26-23-22(24(31)32-3)16-7-5-6-8-18(16)34-23/h4,9-10,12H,1,5-8,11,13-14H2,2-3H3,(H,26,29).